The van der Waals surface area contributed by atoms with Crippen LogP contribution in [0.25, 0.3) is 0 Å². The Morgan fingerprint density at radius 1 is 0.784 bits per heavy atom. The Kier molecular flexibility index (Phi) is 8.29. The molecule has 0 aromatic carbocycles. The minimum atomic E-state index is 0.614. The second-order valence-electron chi connectivity index (χ2n) is 12.8. The number of imidazole rings is 2. The Labute approximate surface area is 223 Å². The van der Waals surface area contributed by atoms with Gasteiger partial charge in [-0.2, -0.15) is 0 Å². The predicted octanol–water partition coefficient (Wildman–Crippen LogP) is 5.20. The summed E-state index contributed by atoms with van der Waals surface area (Å²) in [7, 11) is 0. The number of nitrogens with one attached hydrogen (secondary N) is 2. The van der Waals surface area contributed by atoms with Crippen molar-refractivity contribution in [2.75, 3.05) is 32.7 Å². The Morgan fingerprint density at radius 3 is 2.08 bits per heavy atom. The van der Waals surface area contributed by atoms with Crippen LogP contribution in [0.1, 0.15) is 95.1 Å². The molecule has 4 fully saturated rings. The molecule has 4 heterocycles. The van der Waals surface area contributed by atoms with E-state index >= 15 is 0 Å². The second-order valence-corrected chi connectivity index (χ2v) is 12.8. The molecule has 4 aliphatic rings. The number of hydrogen-bond acceptors (Lipinski definition) is 5. The van der Waals surface area contributed by atoms with E-state index in [4.69, 9.17) is 0 Å². The first kappa shape index (κ1) is 25.6. The number of rotatable bonds is 8. The van der Waals surface area contributed by atoms with Gasteiger partial charge in [0.15, 0.2) is 0 Å². The number of piperidine rings is 2. The van der Waals surface area contributed by atoms with Crippen LogP contribution in [-0.4, -0.2) is 79.4 Å². The molecule has 0 unspecified atom stereocenters. The first-order chi connectivity index (χ1) is 18.2. The van der Waals surface area contributed by atoms with E-state index in [2.05, 4.69) is 34.6 Å². The molecule has 0 atom stereocenters. The lowest BCUT2D eigenvalue weighted by molar-refractivity contribution is -0.00284. The van der Waals surface area contributed by atoms with Crippen molar-refractivity contribution in [1.82, 2.24) is 34.6 Å². The van der Waals surface area contributed by atoms with Crippen LogP contribution in [-0.2, 0) is 13.1 Å². The average Bonchev–Trinajstić information content (AvgIpc) is 3.65. The highest BCUT2D eigenvalue weighted by atomic mass is 15.2. The number of aromatic nitrogens is 4. The molecule has 2 saturated heterocycles. The molecule has 7 heteroatoms. The summed E-state index contributed by atoms with van der Waals surface area (Å²) in [5.74, 6) is 2.98. The molecular weight excluding hydrogens is 458 g/mol. The van der Waals surface area contributed by atoms with Gasteiger partial charge in [0.25, 0.3) is 0 Å². The van der Waals surface area contributed by atoms with Gasteiger partial charge >= 0.3 is 0 Å². The van der Waals surface area contributed by atoms with Crippen molar-refractivity contribution in [3.8, 4) is 0 Å². The number of H-pyrrole nitrogens is 2. The lowest BCUT2D eigenvalue weighted by Crippen LogP contribution is -2.52. The van der Waals surface area contributed by atoms with Crippen LogP contribution in [0.2, 0.25) is 0 Å². The van der Waals surface area contributed by atoms with Gasteiger partial charge in [0, 0.05) is 50.0 Å². The van der Waals surface area contributed by atoms with Gasteiger partial charge in [-0.1, -0.05) is 19.3 Å². The van der Waals surface area contributed by atoms with Gasteiger partial charge in [-0.25, -0.2) is 9.97 Å². The third-order valence-corrected chi connectivity index (χ3v) is 10.4. The zero-order valence-corrected chi connectivity index (χ0v) is 22.9. The SMILES string of the molecule is c1c[nH]c(CN(Cc2ncc[nH]2)C2CCC(CN3CCCC4(CCN(C5CCCCC5)CC4)C3)CC2)n1. The Bertz CT molecular complexity index is 868. The van der Waals surface area contributed by atoms with E-state index < -0.39 is 0 Å². The molecule has 2 aliphatic heterocycles. The lowest BCUT2D eigenvalue weighted by atomic mass is 9.71. The van der Waals surface area contributed by atoms with E-state index in [9.17, 15) is 0 Å². The van der Waals surface area contributed by atoms with Gasteiger partial charge in [-0.05, 0) is 95.2 Å². The summed E-state index contributed by atoms with van der Waals surface area (Å²) in [6, 6.07) is 1.52. The fourth-order valence-corrected chi connectivity index (χ4v) is 8.21. The van der Waals surface area contributed by atoms with Crippen molar-refractivity contribution in [3.63, 3.8) is 0 Å². The van der Waals surface area contributed by atoms with Crippen LogP contribution in [0.5, 0.6) is 0 Å². The Morgan fingerprint density at radius 2 is 1.46 bits per heavy atom. The fourth-order valence-electron chi connectivity index (χ4n) is 8.21. The molecule has 2 aromatic heterocycles. The third kappa shape index (κ3) is 6.48. The number of nitrogens with zero attached hydrogens (tertiary/aromatic N) is 5. The monoisotopic (exact) mass is 507 g/mol. The summed E-state index contributed by atoms with van der Waals surface area (Å²) in [5.41, 5.74) is 0.615. The normalized spacial score (nSPS) is 28.2. The number of likely N-dealkylation sites (tertiary alicyclic amines) is 2. The van der Waals surface area contributed by atoms with E-state index in [0.717, 1.165) is 36.7 Å². The average molecular weight is 508 g/mol. The quantitative estimate of drug-likeness (QED) is 0.514. The maximum absolute atomic E-state index is 4.51. The summed E-state index contributed by atoms with van der Waals surface area (Å²) in [6.45, 7) is 8.50. The molecule has 1 spiro atoms. The highest BCUT2D eigenvalue weighted by Gasteiger charge is 2.40. The minimum absolute atomic E-state index is 0.614. The summed E-state index contributed by atoms with van der Waals surface area (Å²) >= 11 is 0. The van der Waals surface area contributed by atoms with Crippen LogP contribution in [0.3, 0.4) is 0 Å². The fraction of sp³-hybridized carbons (Fsp3) is 0.800. The van der Waals surface area contributed by atoms with Crippen molar-refractivity contribution < 1.29 is 0 Å². The molecule has 2 saturated carbocycles. The van der Waals surface area contributed by atoms with Gasteiger partial charge in [0.1, 0.15) is 11.6 Å². The van der Waals surface area contributed by atoms with E-state index in [1.165, 1.54) is 116 Å². The van der Waals surface area contributed by atoms with E-state index in [-0.39, 0.29) is 0 Å². The number of aromatic amines is 2. The standard InChI is InChI=1S/C30H49N7/c1-2-5-26(6-3-1)36-19-12-30(13-20-36)11-4-18-35(24-30)21-25-7-9-27(10-8-25)37(22-28-31-14-15-32-28)23-29-33-16-17-34-29/h14-17,25-27H,1-13,18-24H2,(H,31,32)(H,33,34). The van der Waals surface area contributed by atoms with Gasteiger partial charge in [0.05, 0.1) is 13.1 Å². The van der Waals surface area contributed by atoms with Crippen molar-refractivity contribution in [3.05, 3.63) is 36.4 Å². The largest absolute Gasteiger partial charge is 0.348 e. The Hall–Kier alpha value is -1.70. The summed E-state index contributed by atoms with van der Waals surface area (Å²) in [6.07, 6.45) is 26.0. The van der Waals surface area contributed by atoms with Gasteiger partial charge < -0.3 is 19.8 Å². The van der Waals surface area contributed by atoms with Crippen molar-refractivity contribution in [1.29, 1.82) is 0 Å². The topological polar surface area (TPSA) is 67.1 Å². The molecule has 2 aromatic rings. The molecule has 204 valence electrons. The molecular formula is C30H49N7. The predicted molar refractivity (Wildman–Crippen MR) is 148 cm³/mol. The van der Waals surface area contributed by atoms with Gasteiger partial charge in [0.2, 0.25) is 0 Å². The van der Waals surface area contributed by atoms with Crippen molar-refractivity contribution in [2.45, 2.75) is 109 Å². The molecule has 2 N–H and O–H groups in total. The highest BCUT2D eigenvalue weighted by Crippen LogP contribution is 2.42. The third-order valence-electron chi connectivity index (χ3n) is 10.4. The molecule has 2 aliphatic carbocycles. The molecule has 6 rings (SSSR count). The first-order valence-electron chi connectivity index (χ1n) is 15.4. The van der Waals surface area contributed by atoms with E-state index in [1.807, 2.05) is 24.8 Å². The zero-order valence-electron chi connectivity index (χ0n) is 22.9. The first-order valence-corrected chi connectivity index (χ1v) is 15.4. The van der Waals surface area contributed by atoms with Crippen LogP contribution < -0.4 is 0 Å². The molecule has 0 radical (unpaired) electrons. The van der Waals surface area contributed by atoms with Crippen LogP contribution >= 0.6 is 0 Å². The van der Waals surface area contributed by atoms with Crippen LogP contribution in [0, 0.1) is 11.3 Å². The molecule has 0 bridgehead atoms. The number of hydrogen-bond donors (Lipinski definition) is 2. The maximum Gasteiger partial charge on any atom is 0.120 e. The summed E-state index contributed by atoms with van der Waals surface area (Å²) in [4.78, 5) is 24.0. The van der Waals surface area contributed by atoms with Crippen molar-refractivity contribution >= 4 is 0 Å². The Balaban J connectivity index is 0.985. The van der Waals surface area contributed by atoms with Gasteiger partial charge in [-0.3, -0.25) is 4.90 Å². The molecule has 37 heavy (non-hydrogen) atoms. The van der Waals surface area contributed by atoms with Crippen LogP contribution in [0.15, 0.2) is 24.8 Å². The van der Waals surface area contributed by atoms with E-state index in [0.29, 0.717) is 11.5 Å². The maximum atomic E-state index is 4.51. The molecule has 7 nitrogen and oxygen atoms in total. The smallest absolute Gasteiger partial charge is 0.120 e. The van der Waals surface area contributed by atoms with Gasteiger partial charge in [-0.15, -0.1) is 0 Å². The summed E-state index contributed by atoms with van der Waals surface area (Å²) in [5, 5.41) is 0. The summed E-state index contributed by atoms with van der Waals surface area (Å²) < 4.78 is 0. The van der Waals surface area contributed by atoms with Crippen LogP contribution in [0.4, 0.5) is 0 Å². The van der Waals surface area contributed by atoms with Crippen molar-refractivity contribution in [2.24, 2.45) is 11.3 Å². The zero-order chi connectivity index (χ0) is 24.9. The minimum Gasteiger partial charge on any atom is -0.348 e. The van der Waals surface area contributed by atoms with E-state index in [1.54, 1.807) is 0 Å². The molecule has 0 amide bonds. The second kappa shape index (κ2) is 12.0. The lowest BCUT2D eigenvalue weighted by Gasteiger charge is -2.50. The highest BCUT2D eigenvalue weighted by molar-refractivity contribution is 4.96.